The lowest BCUT2D eigenvalue weighted by atomic mass is 9.49. The van der Waals surface area contributed by atoms with Crippen molar-refractivity contribution in [3.8, 4) is 17.0 Å². The number of para-hydroxylation sites is 1. The zero-order valence-corrected chi connectivity index (χ0v) is 24.3. The molecule has 7 rings (SSSR count). The van der Waals surface area contributed by atoms with Crippen LogP contribution in [0.3, 0.4) is 0 Å². The Bertz CT molecular complexity index is 1700. The van der Waals surface area contributed by atoms with Crippen molar-refractivity contribution in [2.75, 3.05) is 37.9 Å². The van der Waals surface area contributed by atoms with E-state index < -0.39 is 6.09 Å². The highest BCUT2D eigenvalue weighted by Gasteiger charge is 2.58. The van der Waals surface area contributed by atoms with Gasteiger partial charge in [-0.2, -0.15) is 0 Å². The van der Waals surface area contributed by atoms with Crippen molar-refractivity contribution in [2.24, 2.45) is 5.92 Å². The predicted octanol–water partition coefficient (Wildman–Crippen LogP) is 5.18. The molecule has 43 heavy (non-hydrogen) atoms. The van der Waals surface area contributed by atoms with Crippen molar-refractivity contribution in [2.45, 2.75) is 31.3 Å². The Kier molecular flexibility index (Phi) is 7.49. The molecule has 3 saturated carbocycles. The predicted molar refractivity (Wildman–Crippen MR) is 166 cm³/mol. The van der Waals surface area contributed by atoms with E-state index in [0.29, 0.717) is 42.7 Å². The standard InChI is InChI=1S/C32H35N7O4/c1-4-29(40)35-25-14-26(28(43-3)13-21(25)18-33-11-12-38(2)31(41)42)37-30-34-10-9-24(36-30)23-19-39(32-15-20(16-32)17-32)27-8-6-5-7-22(23)27/h4-10,13-14,19-20,33H,1,11-12,15-18H2,2-3H3,(H,35,40)(H,41,42)(H,34,36,37). The highest BCUT2D eigenvalue weighted by atomic mass is 16.5. The molecule has 2 heterocycles. The SMILES string of the molecule is C=CC(=O)Nc1cc(Nc2nccc(-c3cn(C45CC(C4)C5)c4ccccc34)n2)c(OC)cc1CNCCN(C)C(=O)O. The van der Waals surface area contributed by atoms with Crippen LogP contribution < -0.4 is 20.7 Å². The molecule has 11 heteroatoms. The molecule has 4 N–H and O–H groups in total. The summed E-state index contributed by atoms with van der Waals surface area (Å²) in [5.41, 5.74) is 5.23. The van der Waals surface area contributed by atoms with Crippen molar-refractivity contribution in [3.63, 3.8) is 0 Å². The first kappa shape index (κ1) is 28.2. The first-order valence-electron chi connectivity index (χ1n) is 14.3. The fraction of sp³-hybridized carbons (Fsp3) is 0.312. The second-order valence-corrected chi connectivity index (χ2v) is 11.3. The number of carbonyl (C=O) groups is 2. The van der Waals surface area contributed by atoms with Gasteiger partial charge in [0, 0.05) is 66.8 Å². The minimum absolute atomic E-state index is 0.249. The minimum atomic E-state index is -0.996. The average molecular weight is 582 g/mol. The highest BCUT2D eigenvalue weighted by Crippen LogP contribution is 2.63. The second-order valence-electron chi connectivity index (χ2n) is 11.3. The van der Waals surface area contributed by atoms with Gasteiger partial charge in [0.15, 0.2) is 0 Å². The van der Waals surface area contributed by atoms with E-state index >= 15 is 0 Å². The number of ether oxygens (including phenoxy) is 1. The molecule has 4 aromatic rings. The van der Waals surface area contributed by atoms with Gasteiger partial charge in [-0.05, 0) is 61.1 Å². The Morgan fingerprint density at radius 3 is 2.70 bits per heavy atom. The summed E-state index contributed by atoms with van der Waals surface area (Å²) < 4.78 is 8.14. The molecular weight excluding hydrogens is 546 g/mol. The molecule has 2 amide bonds. The van der Waals surface area contributed by atoms with Gasteiger partial charge in [0.2, 0.25) is 11.9 Å². The molecular formula is C32H35N7O4. The van der Waals surface area contributed by atoms with Gasteiger partial charge in [-0.25, -0.2) is 14.8 Å². The molecule has 222 valence electrons. The van der Waals surface area contributed by atoms with Crippen molar-refractivity contribution >= 4 is 40.2 Å². The van der Waals surface area contributed by atoms with E-state index in [0.717, 1.165) is 28.1 Å². The number of hydrogen-bond donors (Lipinski definition) is 4. The van der Waals surface area contributed by atoms with Crippen molar-refractivity contribution in [3.05, 3.63) is 73.1 Å². The molecule has 2 aromatic heterocycles. The monoisotopic (exact) mass is 581 g/mol. The van der Waals surface area contributed by atoms with E-state index in [4.69, 9.17) is 14.8 Å². The number of anilines is 3. The van der Waals surface area contributed by atoms with Crippen LogP contribution in [0.4, 0.5) is 22.1 Å². The van der Waals surface area contributed by atoms with Gasteiger partial charge in [0.05, 0.1) is 18.5 Å². The maximum Gasteiger partial charge on any atom is 0.407 e. The summed E-state index contributed by atoms with van der Waals surface area (Å²) in [7, 11) is 3.08. The number of hydrogen-bond acceptors (Lipinski definition) is 7. The maximum absolute atomic E-state index is 12.3. The quantitative estimate of drug-likeness (QED) is 0.133. The number of aromatic nitrogens is 3. The Balaban J connectivity index is 1.27. The normalized spacial score (nSPS) is 18.3. The van der Waals surface area contributed by atoms with E-state index in [9.17, 15) is 9.59 Å². The van der Waals surface area contributed by atoms with E-state index in [-0.39, 0.29) is 11.4 Å². The van der Waals surface area contributed by atoms with Crippen LogP contribution in [0.25, 0.3) is 22.2 Å². The highest BCUT2D eigenvalue weighted by molar-refractivity contribution is 6.00. The molecule has 3 fully saturated rings. The zero-order chi connectivity index (χ0) is 30.1. The smallest absolute Gasteiger partial charge is 0.407 e. The van der Waals surface area contributed by atoms with E-state index in [2.05, 4.69) is 62.5 Å². The molecule has 0 spiro atoms. The Hall–Kier alpha value is -4.90. The van der Waals surface area contributed by atoms with Crippen molar-refractivity contribution in [1.82, 2.24) is 24.8 Å². The van der Waals surface area contributed by atoms with Crippen molar-refractivity contribution < 1.29 is 19.4 Å². The molecule has 0 radical (unpaired) electrons. The number of nitrogens with zero attached hydrogens (tertiary/aromatic N) is 4. The van der Waals surface area contributed by atoms with Crippen LogP contribution >= 0.6 is 0 Å². The van der Waals surface area contributed by atoms with Crippen LogP contribution in [0.2, 0.25) is 0 Å². The van der Waals surface area contributed by atoms with E-state index in [1.54, 1.807) is 19.4 Å². The van der Waals surface area contributed by atoms with Gasteiger partial charge in [0.25, 0.3) is 0 Å². The number of rotatable bonds is 12. The number of amides is 2. The molecule has 3 aliphatic carbocycles. The summed E-state index contributed by atoms with van der Waals surface area (Å²) in [5, 5.41) is 19.6. The van der Waals surface area contributed by atoms with E-state index in [1.165, 1.54) is 42.8 Å². The Labute approximate surface area is 249 Å². The summed E-state index contributed by atoms with van der Waals surface area (Å²) in [6.45, 7) is 4.67. The van der Waals surface area contributed by atoms with Crippen LogP contribution in [-0.4, -0.2) is 63.8 Å². The first-order valence-corrected chi connectivity index (χ1v) is 14.3. The van der Waals surface area contributed by atoms with Crippen LogP contribution in [0.5, 0.6) is 5.75 Å². The molecule has 0 unspecified atom stereocenters. The topological polar surface area (TPSA) is 134 Å². The van der Waals surface area contributed by atoms with Crippen LogP contribution in [-0.2, 0) is 16.9 Å². The van der Waals surface area contributed by atoms with Gasteiger partial charge >= 0.3 is 6.09 Å². The molecule has 11 nitrogen and oxygen atoms in total. The first-order chi connectivity index (χ1) is 20.8. The Morgan fingerprint density at radius 1 is 1.21 bits per heavy atom. The van der Waals surface area contributed by atoms with Gasteiger partial charge < -0.3 is 35.3 Å². The number of benzene rings is 2. The lowest BCUT2D eigenvalue weighted by molar-refractivity contribution is -0.111. The van der Waals surface area contributed by atoms with Gasteiger partial charge in [-0.1, -0.05) is 24.8 Å². The molecule has 0 aliphatic heterocycles. The number of methoxy groups -OCH3 is 1. The fourth-order valence-corrected chi connectivity index (χ4v) is 6.09. The molecule has 2 aromatic carbocycles. The van der Waals surface area contributed by atoms with E-state index in [1.807, 2.05) is 12.1 Å². The minimum Gasteiger partial charge on any atom is -0.495 e. The number of carbonyl (C=O) groups excluding carboxylic acids is 1. The average Bonchev–Trinajstić information content (AvgIpc) is 3.33. The summed E-state index contributed by atoms with van der Waals surface area (Å²) in [4.78, 5) is 33.9. The largest absolute Gasteiger partial charge is 0.495 e. The van der Waals surface area contributed by atoms with Gasteiger partial charge in [-0.3, -0.25) is 4.79 Å². The third-order valence-electron chi connectivity index (χ3n) is 8.54. The fourth-order valence-electron chi connectivity index (χ4n) is 6.09. The summed E-state index contributed by atoms with van der Waals surface area (Å²) >= 11 is 0. The Morgan fingerprint density at radius 2 is 2.00 bits per heavy atom. The van der Waals surface area contributed by atoms with Gasteiger partial charge in [0.1, 0.15) is 5.75 Å². The molecule has 0 saturated heterocycles. The second kappa shape index (κ2) is 11.4. The third-order valence-corrected chi connectivity index (χ3v) is 8.54. The molecule has 0 atom stereocenters. The van der Waals surface area contributed by atoms with Crippen molar-refractivity contribution in [1.29, 1.82) is 0 Å². The number of nitrogens with one attached hydrogen (secondary N) is 3. The van der Waals surface area contributed by atoms with Gasteiger partial charge in [-0.15, -0.1) is 0 Å². The van der Waals surface area contributed by atoms with Crippen LogP contribution in [0.1, 0.15) is 24.8 Å². The summed E-state index contributed by atoms with van der Waals surface area (Å²) in [6, 6.07) is 14.0. The number of carboxylic acid groups (broad SMARTS) is 1. The summed E-state index contributed by atoms with van der Waals surface area (Å²) in [5.74, 6) is 1.43. The summed E-state index contributed by atoms with van der Waals surface area (Å²) in [6.07, 6.45) is 7.92. The maximum atomic E-state index is 12.3. The van der Waals surface area contributed by atoms with Crippen LogP contribution in [0, 0.1) is 5.92 Å². The zero-order valence-electron chi connectivity index (χ0n) is 24.3. The number of fused-ring (bicyclic) bond motifs is 1. The molecule has 2 bridgehead atoms. The van der Waals surface area contributed by atoms with Crippen LogP contribution in [0.15, 0.2) is 67.5 Å². The lowest BCUT2D eigenvalue weighted by Crippen LogP contribution is -2.58. The lowest BCUT2D eigenvalue weighted by Gasteiger charge is -2.62. The molecule has 3 aliphatic rings. The number of likely N-dealkylation sites (N-methyl/N-ethyl adjacent to an activating group) is 1. The third kappa shape index (κ3) is 5.39.